The minimum Gasteiger partial charge on any atom is -0.478 e. The Bertz CT molecular complexity index is 962. The fourth-order valence-corrected chi connectivity index (χ4v) is 2.35. The molecule has 0 fully saturated rings. The van der Waals surface area contributed by atoms with E-state index in [0.717, 1.165) is 18.2 Å². The van der Waals surface area contributed by atoms with Gasteiger partial charge < -0.3 is 9.84 Å². The highest BCUT2D eigenvalue weighted by atomic mass is 35.5. The number of carboxylic acid groups (broad SMARTS) is 1. The molecular weight excluding hydrogens is 401 g/mol. The molecule has 0 aliphatic carbocycles. The molecule has 0 aromatic heterocycles. The first kappa shape index (κ1) is 19.9. The standard InChI is InChI=1S/C14H6ClF3N2O7/c15-10-8(14(16,17)18)5-9(19(23)24)12(11(10)20(25)26)27-7-3-1-2-6(4-7)13(21)22/h1-5H,(H,21,22). The zero-order valence-corrected chi connectivity index (χ0v) is 13.4. The van der Waals surface area contributed by atoms with Gasteiger partial charge in [0.2, 0.25) is 0 Å². The summed E-state index contributed by atoms with van der Waals surface area (Å²) < 4.78 is 44.0. The van der Waals surface area contributed by atoms with E-state index in [9.17, 15) is 38.2 Å². The average Bonchev–Trinajstić information content (AvgIpc) is 2.53. The number of hydrogen-bond donors (Lipinski definition) is 1. The van der Waals surface area contributed by atoms with Crippen molar-refractivity contribution in [2.75, 3.05) is 0 Å². The molecular formula is C14H6ClF3N2O7. The van der Waals surface area contributed by atoms with Crippen LogP contribution in [-0.2, 0) is 6.18 Å². The third kappa shape index (κ3) is 4.06. The van der Waals surface area contributed by atoms with Crippen molar-refractivity contribution in [2.45, 2.75) is 6.18 Å². The molecule has 27 heavy (non-hydrogen) atoms. The largest absolute Gasteiger partial charge is 0.478 e. The van der Waals surface area contributed by atoms with Gasteiger partial charge in [-0.15, -0.1) is 0 Å². The normalized spacial score (nSPS) is 11.1. The molecule has 0 radical (unpaired) electrons. The second-order valence-electron chi connectivity index (χ2n) is 4.88. The molecule has 1 N–H and O–H groups in total. The highest BCUT2D eigenvalue weighted by molar-refractivity contribution is 6.34. The molecule has 0 aliphatic heterocycles. The summed E-state index contributed by atoms with van der Waals surface area (Å²) in [6, 6.07) is 4.29. The van der Waals surface area contributed by atoms with Crippen LogP contribution in [0.5, 0.6) is 11.5 Å². The molecule has 0 amide bonds. The molecule has 0 spiro atoms. The van der Waals surface area contributed by atoms with Crippen LogP contribution in [0.4, 0.5) is 24.5 Å². The minimum absolute atomic E-state index is 0.00567. The van der Waals surface area contributed by atoms with Gasteiger partial charge >= 0.3 is 23.5 Å². The molecule has 2 aromatic carbocycles. The van der Waals surface area contributed by atoms with Gasteiger partial charge in [-0.3, -0.25) is 20.2 Å². The first-order valence-corrected chi connectivity index (χ1v) is 7.05. The average molecular weight is 407 g/mol. The number of benzene rings is 2. The Morgan fingerprint density at radius 2 is 1.78 bits per heavy atom. The van der Waals surface area contributed by atoms with Crippen LogP contribution in [0.2, 0.25) is 5.02 Å². The molecule has 13 heteroatoms. The molecule has 0 unspecified atom stereocenters. The van der Waals surface area contributed by atoms with E-state index in [0.29, 0.717) is 0 Å². The van der Waals surface area contributed by atoms with Crippen molar-refractivity contribution in [3.05, 3.63) is 66.7 Å². The summed E-state index contributed by atoms with van der Waals surface area (Å²) in [5, 5.41) is 29.9. The van der Waals surface area contributed by atoms with E-state index < -0.39 is 55.5 Å². The lowest BCUT2D eigenvalue weighted by atomic mass is 10.1. The van der Waals surface area contributed by atoms with E-state index in [4.69, 9.17) is 21.4 Å². The topological polar surface area (TPSA) is 133 Å². The molecule has 0 aliphatic rings. The monoisotopic (exact) mass is 406 g/mol. The number of halogens is 4. The number of nitro benzene ring substituents is 2. The van der Waals surface area contributed by atoms with Crippen LogP contribution >= 0.6 is 11.6 Å². The number of alkyl halides is 3. The van der Waals surface area contributed by atoms with Crippen molar-refractivity contribution in [3.8, 4) is 11.5 Å². The van der Waals surface area contributed by atoms with Gasteiger partial charge in [-0.25, -0.2) is 4.79 Å². The smallest absolute Gasteiger partial charge is 0.418 e. The maximum absolute atomic E-state index is 13.0. The molecule has 142 valence electrons. The van der Waals surface area contributed by atoms with Gasteiger partial charge in [0.15, 0.2) is 0 Å². The Labute approximate surface area is 151 Å². The minimum atomic E-state index is -5.20. The van der Waals surface area contributed by atoms with E-state index >= 15 is 0 Å². The number of hydrogen-bond acceptors (Lipinski definition) is 6. The van der Waals surface area contributed by atoms with Crippen molar-refractivity contribution in [2.24, 2.45) is 0 Å². The first-order valence-electron chi connectivity index (χ1n) is 6.67. The van der Waals surface area contributed by atoms with Crippen molar-refractivity contribution < 1.29 is 37.7 Å². The highest BCUT2D eigenvalue weighted by Gasteiger charge is 2.43. The molecule has 0 atom stereocenters. The molecule has 2 aromatic rings. The second-order valence-corrected chi connectivity index (χ2v) is 5.26. The Morgan fingerprint density at radius 3 is 2.26 bits per heavy atom. The SMILES string of the molecule is O=C(O)c1cccc(Oc2c([N+](=O)[O-])cc(C(F)(F)F)c(Cl)c2[N+](=O)[O-])c1. The Balaban J connectivity index is 2.76. The summed E-state index contributed by atoms with van der Waals surface area (Å²) in [5.74, 6) is -2.95. The Kier molecular flexibility index (Phi) is 5.21. The third-order valence-electron chi connectivity index (χ3n) is 3.16. The zero-order chi connectivity index (χ0) is 20.5. The number of aromatic carboxylic acids is 1. The number of ether oxygens (including phenoxy) is 1. The maximum Gasteiger partial charge on any atom is 0.418 e. The van der Waals surface area contributed by atoms with E-state index in [1.807, 2.05) is 0 Å². The van der Waals surface area contributed by atoms with Gasteiger partial charge in [0.05, 0.1) is 21.0 Å². The van der Waals surface area contributed by atoms with Crippen LogP contribution in [0.15, 0.2) is 30.3 Å². The summed E-state index contributed by atoms with van der Waals surface area (Å²) in [6.45, 7) is 0. The highest BCUT2D eigenvalue weighted by Crippen LogP contribution is 2.50. The second kappa shape index (κ2) is 7.07. The predicted octanol–water partition coefficient (Wildman–Crippen LogP) is 4.67. The Hall–Kier alpha value is -3.41. The quantitative estimate of drug-likeness (QED) is 0.563. The van der Waals surface area contributed by atoms with Gasteiger partial charge in [0, 0.05) is 6.07 Å². The number of carboxylic acids is 1. The molecule has 0 saturated carbocycles. The van der Waals surface area contributed by atoms with Gasteiger partial charge in [0.25, 0.3) is 5.75 Å². The number of carbonyl (C=O) groups is 1. The molecule has 0 saturated heterocycles. The number of nitrogens with zero attached hydrogens (tertiary/aromatic N) is 2. The summed E-state index contributed by atoms with van der Waals surface area (Å²) in [4.78, 5) is 30.6. The van der Waals surface area contributed by atoms with Crippen molar-refractivity contribution in [1.29, 1.82) is 0 Å². The summed E-state index contributed by atoms with van der Waals surface area (Å²) in [7, 11) is 0. The molecule has 0 bridgehead atoms. The van der Waals surface area contributed by atoms with Crippen molar-refractivity contribution >= 4 is 28.9 Å². The molecule has 0 heterocycles. The fraction of sp³-hybridized carbons (Fsp3) is 0.0714. The third-order valence-corrected chi connectivity index (χ3v) is 3.54. The lowest BCUT2D eigenvalue weighted by molar-refractivity contribution is -0.395. The summed E-state index contributed by atoms with van der Waals surface area (Å²) in [6.07, 6.45) is -5.20. The van der Waals surface area contributed by atoms with Gasteiger partial charge in [0.1, 0.15) is 10.8 Å². The Morgan fingerprint density at radius 1 is 1.15 bits per heavy atom. The van der Waals surface area contributed by atoms with Crippen LogP contribution in [0.3, 0.4) is 0 Å². The van der Waals surface area contributed by atoms with Crippen molar-refractivity contribution in [1.82, 2.24) is 0 Å². The van der Waals surface area contributed by atoms with Crippen LogP contribution in [0.1, 0.15) is 15.9 Å². The van der Waals surface area contributed by atoms with Crippen molar-refractivity contribution in [3.63, 3.8) is 0 Å². The van der Waals surface area contributed by atoms with Crippen LogP contribution in [0, 0.1) is 20.2 Å². The zero-order valence-electron chi connectivity index (χ0n) is 12.7. The molecule has 2 rings (SSSR count). The lowest BCUT2D eigenvalue weighted by Gasteiger charge is -2.13. The molecule has 9 nitrogen and oxygen atoms in total. The van der Waals surface area contributed by atoms with Gasteiger partial charge in [-0.2, -0.15) is 13.2 Å². The summed E-state index contributed by atoms with van der Waals surface area (Å²) in [5.41, 5.74) is -4.94. The van der Waals surface area contributed by atoms with Gasteiger partial charge in [-0.05, 0) is 18.2 Å². The van der Waals surface area contributed by atoms with E-state index in [2.05, 4.69) is 0 Å². The predicted molar refractivity (Wildman–Crippen MR) is 83.2 cm³/mol. The van der Waals surface area contributed by atoms with E-state index in [-0.39, 0.29) is 11.6 Å². The first-order chi connectivity index (χ1) is 12.4. The van der Waals surface area contributed by atoms with E-state index in [1.165, 1.54) is 6.07 Å². The lowest BCUT2D eigenvalue weighted by Crippen LogP contribution is -2.10. The number of nitro groups is 2. The van der Waals surface area contributed by atoms with Crippen LogP contribution in [-0.4, -0.2) is 20.9 Å². The van der Waals surface area contributed by atoms with Gasteiger partial charge in [-0.1, -0.05) is 17.7 Å². The van der Waals surface area contributed by atoms with Crippen LogP contribution < -0.4 is 4.74 Å². The fourth-order valence-electron chi connectivity index (χ4n) is 2.03. The van der Waals surface area contributed by atoms with Crippen LogP contribution in [0.25, 0.3) is 0 Å². The summed E-state index contributed by atoms with van der Waals surface area (Å²) >= 11 is 5.46. The number of rotatable bonds is 5. The van der Waals surface area contributed by atoms with E-state index in [1.54, 1.807) is 0 Å². The maximum atomic E-state index is 13.0.